The molecule has 0 aliphatic carbocycles. The highest BCUT2D eigenvalue weighted by molar-refractivity contribution is 7.10. The lowest BCUT2D eigenvalue weighted by Crippen LogP contribution is -2.43. The van der Waals surface area contributed by atoms with Crippen molar-refractivity contribution in [1.82, 2.24) is 10.2 Å². The summed E-state index contributed by atoms with van der Waals surface area (Å²) in [5.74, 6) is 0. The van der Waals surface area contributed by atoms with Crippen LogP contribution in [-0.4, -0.2) is 31.1 Å². The van der Waals surface area contributed by atoms with Crippen molar-refractivity contribution in [3.05, 3.63) is 16.3 Å². The summed E-state index contributed by atoms with van der Waals surface area (Å²) in [6, 6.07) is 2.61. The van der Waals surface area contributed by atoms with E-state index in [4.69, 9.17) is 5.73 Å². The van der Waals surface area contributed by atoms with Gasteiger partial charge in [0.25, 0.3) is 0 Å². The first kappa shape index (κ1) is 10.9. The van der Waals surface area contributed by atoms with E-state index in [2.05, 4.69) is 22.6 Å². The second kappa shape index (κ2) is 4.96. The van der Waals surface area contributed by atoms with E-state index in [1.54, 1.807) is 11.3 Å². The Hall–Kier alpha value is -0.580. The summed E-state index contributed by atoms with van der Waals surface area (Å²) in [5.41, 5.74) is 6.77. The molecular weight excluding hydrogens is 206 g/mol. The number of hydrogen-bond donors (Lipinski definition) is 2. The molecule has 0 spiro atoms. The van der Waals surface area contributed by atoms with Crippen LogP contribution < -0.4 is 11.1 Å². The van der Waals surface area contributed by atoms with E-state index in [-0.39, 0.29) is 0 Å². The largest absolute Gasteiger partial charge is 0.398 e. The van der Waals surface area contributed by atoms with E-state index in [0.717, 1.165) is 18.8 Å². The molecule has 1 saturated heterocycles. The average Bonchev–Trinajstić information content (AvgIpc) is 2.61. The molecular formula is C11H19N3S. The summed E-state index contributed by atoms with van der Waals surface area (Å²) in [6.07, 6.45) is 2.59. The van der Waals surface area contributed by atoms with Crippen LogP contribution in [0.2, 0.25) is 0 Å². The molecule has 4 heteroatoms. The normalized spacial score (nSPS) is 23.1. The third-order valence-corrected chi connectivity index (χ3v) is 3.89. The summed E-state index contributed by atoms with van der Waals surface area (Å²) in [4.78, 5) is 3.65. The maximum Gasteiger partial charge on any atom is 0.0468 e. The Labute approximate surface area is 95.3 Å². The van der Waals surface area contributed by atoms with Crippen molar-refractivity contribution in [2.24, 2.45) is 0 Å². The van der Waals surface area contributed by atoms with E-state index in [0.29, 0.717) is 6.04 Å². The molecule has 0 amide bonds. The zero-order valence-electron chi connectivity index (χ0n) is 9.20. The Kier molecular flexibility index (Phi) is 3.61. The van der Waals surface area contributed by atoms with Gasteiger partial charge in [0, 0.05) is 29.7 Å². The van der Waals surface area contributed by atoms with Gasteiger partial charge < -0.3 is 16.0 Å². The SMILES string of the molecule is CN1CCCC(NCc2sccc2N)C1. The molecule has 3 N–H and O–H groups in total. The molecule has 1 fully saturated rings. The molecule has 2 heterocycles. The van der Waals surface area contributed by atoms with Gasteiger partial charge in [0.15, 0.2) is 0 Å². The number of nitrogen functional groups attached to an aromatic ring is 1. The minimum atomic E-state index is 0.630. The van der Waals surface area contributed by atoms with Crippen LogP contribution in [0.15, 0.2) is 11.4 Å². The van der Waals surface area contributed by atoms with Crippen molar-refractivity contribution in [2.45, 2.75) is 25.4 Å². The van der Waals surface area contributed by atoms with Gasteiger partial charge in [0.2, 0.25) is 0 Å². The second-order valence-electron chi connectivity index (χ2n) is 4.28. The molecule has 1 aromatic heterocycles. The molecule has 0 saturated carbocycles. The molecule has 2 rings (SSSR count). The van der Waals surface area contributed by atoms with Gasteiger partial charge in [-0.1, -0.05) is 0 Å². The van der Waals surface area contributed by atoms with Crippen molar-refractivity contribution in [3.8, 4) is 0 Å². The van der Waals surface area contributed by atoms with Crippen LogP contribution in [0.5, 0.6) is 0 Å². The molecule has 3 nitrogen and oxygen atoms in total. The Morgan fingerprint density at radius 1 is 1.67 bits per heavy atom. The van der Waals surface area contributed by atoms with E-state index < -0.39 is 0 Å². The predicted molar refractivity (Wildman–Crippen MR) is 66.1 cm³/mol. The molecule has 1 aromatic rings. The van der Waals surface area contributed by atoms with Gasteiger partial charge in [0.05, 0.1) is 0 Å². The fraction of sp³-hybridized carbons (Fsp3) is 0.636. The number of nitrogens with one attached hydrogen (secondary N) is 1. The molecule has 0 radical (unpaired) electrons. The lowest BCUT2D eigenvalue weighted by atomic mass is 10.1. The molecule has 84 valence electrons. The zero-order valence-corrected chi connectivity index (χ0v) is 10.0. The minimum Gasteiger partial charge on any atom is -0.398 e. The van der Waals surface area contributed by atoms with E-state index in [9.17, 15) is 0 Å². The predicted octanol–water partition coefficient (Wildman–Crippen LogP) is 1.51. The van der Waals surface area contributed by atoms with Crippen molar-refractivity contribution < 1.29 is 0 Å². The van der Waals surface area contributed by atoms with Crippen molar-refractivity contribution in [2.75, 3.05) is 25.9 Å². The van der Waals surface area contributed by atoms with Crippen LogP contribution in [0.3, 0.4) is 0 Å². The lowest BCUT2D eigenvalue weighted by Gasteiger charge is -2.30. The molecule has 1 aliphatic heterocycles. The van der Waals surface area contributed by atoms with Gasteiger partial charge in [-0.05, 0) is 37.9 Å². The molecule has 0 aromatic carbocycles. The van der Waals surface area contributed by atoms with Gasteiger partial charge in [-0.2, -0.15) is 0 Å². The van der Waals surface area contributed by atoms with E-state index in [1.807, 2.05) is 6.07 Å². The minimum absolute atomic E-state index is 0.630. The fourth-order valence-electron chi connectivity index (χ4n) is 2.06. The fourth-order valence-corrected chi connectivity index (χ4v) is 2.81. The third kappa shape index (κ3) is 2.93. The van der Waals surface area contributed by atoms with Gasteiger partial charge in [-0.25, -0.2) is 0 Å². The van der Waals surface area contributed by atoms with Gasteiger partial charge in [0.1, 0.15) is 0 Å². The summed E-state index contributed by atoms with van der Waals surface area (Å²) < 4.78 is 0. The Morgan fingerprint density at radius 3 is 3.20 bits per heavy atom. The number of nitrogens with zero attached hydrogens (tertiary/aromatic N) is 1. The first-order chi connectivity index (χ1) is 7.25. The molecule has 15 heavy (non-hydrogen) atoms. The van der Waals surface area contributed by atoms with Crippen molar-refractivity contribution in [3.63, 3.8) is 0 Å². The van der Waals surface area contributed by atoms with Crippen LogP contribution >= 0.6 is 11.3 Å². The Bertz CT molecular complexity index is 311. The van der Waals surface area contributed by atoms with Crippen LogP contribution in [0, 0.1) is 0 Å². The zero-order chi connectivity index (χ0) is 10.7. The number of likely N-dealkylation sites (tertiary alicyclic amines) is 1. The highest BCUT2D eigenvalue weighted by atomic mass is 32.1. The first-order valence-corrected chi connectivity index (χ1v) is 6.37. The van der Waals surface area contributed by atoms with Gasteiger partial charge in [-0.15, -0.1) is 11.3 Å². The van der Waals surface area contributed by atoms with E-state index in [1.165, 1.54) is 24.3 Å². The number of piperidine rings is 1. The number of anilines is 1. The molecule has 1 aliphatic rings. The van der Waals surface area contributed by atoms with Crippen molar-refractivity contribution in [1.29, 1.82) is 0 Å². The summed E-state index contributed by atoms with van der Waals surface area (Å²) in [6.45, 7) is 3.31. The van der Waals surface area contributed by atoms with E-state index >= 15 is 0 Å². The summed E-state index contributed by atoms with van der Waals surface area (Å²) in [7, 11) is 2.19. The highest BCUT2D eigenvalue weighted by Crippen LogP contribution is 2.19. The smallest absolute Gasteiger partial charge is 0.0468 e. The number of nitrogens with two attached hydrogens (primary N) is 1. The quantitative estimate of drug-likeness (QED) is 0.819. The maximum atomic E-state index is 5.84. The number of thiophene rings is 1. The van der Waals surface area contributed by atoms with Crippen LogP contribution in [-0.2, 0) is 6.54 Å². The Morgan fingerprint density at radius 2 is 2.53 bits per heavy atom. The number of hydrogen-bond acceptors (Lipinski definition) is 4. The summed E-state index contributed by atoms with van der Waals surface area (Å²) >= 11 is 1.74. The van der Waals surface area contributed by atoms with Crippen molar-refractivity contribution >= 4 is 17.0 Å². The van der Waals surface area contributed by atoms with Crippen LogP contribution in [0.4, 0.5) is 5.69 Å². The average molecular weight is 225 g/mol. The number of rotatable bonds is 3. The van der Waals surface area contributed by atoms with Gasteiger partial charge >= 0.3 is 0 Å². The standard InChI is InChI=1S/C11H19N3S/c1-14-5-2-3-9(8-14)13-7-11-10(12)4-6-15-11/h4,6,9,13H,2-3,5,7-8,12H2,1H3. The molecule has 1 atom stereocenters. The Balaban J connectivity index is 1.80. The number of likely N-dealkylation sites (N-methyl/N-ethyl adjacent to an activating group) is 1. The second-order valence-corrected chi connectivity index (χ2v) is 5.28. The molecule has 0 bridgehead atoms. The molecule has 1 unspecified atom stereocenters. The summed E-state index contributed by atoms with van der Waals surface area (Å²) in [5, 5.41) is 5.64. The van der Waals surface area contributed by atoms with Crippen LogP contribution in [0.25, 0.3) is 0 Å². The first-order valence-electron chi connectivity index (χ1n) is 5.49. The monoisotopic (exact) mass is 225 g/mol. The topological polar surface area (TPSA) is 41.3 Å². The highest BCUT2D eigenvalue weighted by Gasteiger charge is 2.16. The maximum absolute atomic E-state index is 5.84. The third-order valence-electron chi connectivity index (χ3n) is 2.96. The van der Waals surface area contributed by atoms with Gasteiger partial charge in [-0.3, -0.25) is 0 Å². The van der Waals surface area contributed by atoms with Crippen LogP contribution in [0.1, 0.15) is 17.7 Å². The lowest BCUT2D eigenvalue weighted by molar-refractivity contribution is 0.227.